The Morgan fingerprint density at radius 3 is 2.77 bits per heavy atom. The van der Waals surface area contributed by atoms with E-state index >= 15 is 0 Å². The molecule has 1 saturated heterocycles. The van der Waals surface area contributed by atoms with Crippen molar-refractivity contribution in [1.82, 2.24) is 0 Å². The van der Waals surface area contributed by atoms with Gasteiger partial charge in [-0.2, -0.15) is 11.8 Å². The molecule has 5 heteroatoms. The number of thioether (sulfide) groups is 2. The van der Waals surface area contributed by atoms with E-state index in [0.717, 1.165) is 5.75 Å². The molecule has 1 fully saturated rings. The lowest BCUT2D eigenvalue weighted by molar-refractivity contribution is -0.140. The van der Waals surface area contributed by atoms with Crippen LogP contribution in [0.5, 0.6) is 0 Å². The SMILES string of the molecule is CC(=O)SC[C@H]1C[C@@H](C(=O)O)CS1. The van der Waals surface area contributed by atoms with Crippen molar-refractivity contribution in [2.45, 2.75) is 18.6 Å². The van der Waals surface area contributed by atoms with Crippen LogP contribution in [0.25, 0.3) is 0 Å². The minimum atomic E-state index is -0.706. The number of aliphatic carboxylic acids is 1. The van der Waals surface area contributed by atoms with Crippen LogP contribution in [0.2, 0.25) is 0 Å². The molecule has 0 spiro atoms. The Morgan fingerprint density at radius 2 is 2.31 bits per heavy atom. The van der Waals surface area contributed by atoms with Crippen molar-refractivity contribution in [3.8, 4) is 0 Å². The van der Waals surface area contributed by atoms with E-state index in [-0.39, 0.29) is 11.0 Å². The Labute approximate surface area is 85.7 Å². The van der Waals surface area contributed by atoms with Crippen molar-refractivity contribution in [3.63, 3.8) is 0 Å². The molecule has 1 rings (SSSR count). The maximum absolute atomic E-state index is 10.7. The van der Waals surface area contributed by atoms with Gasteiger partial charge in [-0.15, -0.1) is 0 Å². The van der Waals surface area contributed by atoms with Crippen molar-refractivity contribution in [2.24, 2.45) is 5.92 Å². The first-order valence-electron chi connectivity index (χ1n) is 4.07. The predicted octanol–water partition coefficient (Wildman–Crippen LogP) is 1.47. The lowest BCUT2D eigenvalue weighted by atomic mass is 10.1. The lowest BCUT2D eigenvalue weighted by Crippen LogP contribution is -2.14. The monoisotopic (exact) mass is 220 g/mol. The highest BCUT2D eigenvalue weighted by molar-refractivity contribution is 8.14. The highest BCUT2D eigenvalue weighted by Crippen LogP contribution is 2.33. The number of rotatable bonds is 3. The third-order valence-corrected chi connectivity index (χ3v) is 4.51. The first-order chi connectivity index (χ1) is 6.09. The highest BCUT2D eigenvalue weighted by Gasteiger charge is 2.30. The predicted molar refractivity (Wildman–Crippen MR) is 55.1 cm³/mol. The summed E-state index contributed by atoms with van der Waals surface area (Å²) in [4.78, 5) is 21.3. The van der Waals surface area contributed by atoms with E-state index in [1.165, 1.54) is 11.8 Å². The number of carbonyl (C=O) groups excluding carboxylic acids is 1. The molecule has 3 nitrogen and oxygen atoms in total. The third kappa shape index (κ3) is 3.60. The van der Waals surface area contributed by atoms with Gasteiger partial charge in [0.15, 0.2) is 5.12 Å². The van der Waals surface area contributed by atoms with Gasteiger partial charge < -0.3 is 5.11 Å². The molecule has 1 N–H and O–H groups in total. The van der Waals surface area contributed by atoms with Crippen molar-refractivity contribution in [2.75, 3.05) is 11.5 Å². The van der Waals surface area contributed by atoms with Gasteiger partial charge >= 0.3 is 5.97 Å². The van der Waals surface area contributed by atoms with Crippen LogP contribution in [0.15, 0.2) is 0 Å². The fourth-order valence-electron chi connectivity index (χ4n) is 1.20. The van der Waals surface area contributed by atoms with E-state index in [1.807, 2.05) is 0 Å². The van der Waals surface area contributed by atoms with Gasteiger partial charge in [0.05, 0.1) is 5.92 Å². The Bertz CT molecular complexity index is 217. The minimum Gasteiger partial charge on any atom is -0.481 e. The maximum Gasteiger partial charge on any atom is 0.307 e. The van der Waals surface area contributed by atoms with Gasteiger partial charge in [0, 0.05) is 23.7 Å². The van der Waals surface area contributed by atoms with Crippen LogP contribution in [-0.2, 0) is 9.59 Å². The standard InChI is InChI=1S/C8H12O3S2/c1-5(9)12-4-7-2-6(3-13-7)8(10)11/h6-7H,2-4H2,1H3,(H,10,11)/t6-,7-/m1/s1. The van der Waals surface area contributed by atoms with Gasteiger partial charge in [-0.05, 0) is 6.42 Å². The van der Waals surface area contributed by atoms with E-state index in [4.69, 9.17) is 5.11 Å². The molecule has 0 unspecified atom stereocenters. The third-order valence-electron chi connectivity index (χ3n) is 1.90. The van der Waals surface area contributed by atoms with E-state index in [9.17, 15) is 9.59 Å². The van der Waals surface area contributed by atoms with Crippen LogP contribution < -0.4 is 0 Å². The van der Waals surface area contributed by atoms with Gasteiger partial charge in [0.1, 0.15) is 0 Å². The average Bonchev–Trinajstić information content (AvgIpc) is 2.48. The number of carboxylic acids is 1. The van der Waals surface area contributed by atoms with Gasteiger partial charge in [-0.25, -0.2) is 0 Å². The summed E-state index contributed by atoms with van der Waals surface area (Å²) >= 11 is 2.96. The summed E-state index contributed by atoms with van der Waals surface area (Å²) in [6, 6.07) is 0. The Balaban J connectivity index is 2.25. The molecule has 13 heavy (non-hydrogen) atoms. The molecular formula is C8H12O3S2. The fourth-order valence-corrected chi connectivity index (χ4v) is 3.50. The van der Waals surface area contributed by atoms with E-state index < -0.39 is 5.97 Å². The van der Waals surface area contributed by atoms with Gasteiger partial charge in [0.25, 0.3) is 0 Å². The fraction of sp³-hybridized carbons (Fsp3) is 0.750. The first-order valence-corrected chi connectivity index (χ1v) is 6.11. The minimum absolute atomic E-state index is 0.111. The van der Waals surface area contributed by atoms with E-state index in [2.05, 4.69) is 0 Å². The summed E-state index contributed by atoms with van der Waals surface area (Å²) < 4.78 is 0. The number of carboxylic acid groups (broad SMARTS) is 1. The smallest absolute Gasteiger partial charge is 0.307 e. The largest absolute Gasteiger partial charge is 0.481 e. The summed E-state index contributed by atoms with van der Waals surface area (Å²) in [5.41, 5.74) is 0. The molecule has 1 aliphatic rings. The first kappa shape index (κ1) is 10.9. The Hall–Kier alpha value is -0.160. The zero-order valence-corrected chi connectivity index (χ0v) is 8.99. The maximum atomic E-state index is 10.7. The number of hydrogen-bond donors (Lipinski definition) is 1. The van der Waals surface area contributed by atoms with Crippen LogP contribution in [-0.4, -0.2) is 32.9 Å². The molecule has 0 amide bonds. The zero-order chi connectivity index (χ0) is 9.84. The van der Waals surface area contributed by atoms with E-state index in [1.54, 1.807) is 18.7 Å². The molecule has 0 aromatic carbocycles. The molecule has 0 aromatic rings. The topological polar surface area (TPSA) is 54.4 Å². The van der Waals surface area contributed by atoms with Crippen LogP contribution in [0.4, 0.5) is 0 Å². The van der Waals surface area contributed by atoms with Crippen LogP contribution >= 0.6 is 23.5 Å². The van der Waals surface area contributed by atoms with Crippen molar-refractivity contribution < 1.29 is 14.7 Å². The summed E-state index contributed by atoms with van der Waals surface area (Å²) in [6.45, 7) is 1.54. The summed E-state index contributed by atoms with van der Waals surface area (Å²) in [5, 5.41) is 9.17. The van der Waals surface area contributed by atoms with Crippen molar-refractivity contribution in [3.05, 3.63) is 0 Å². The average molecular weight is 220 g/mol. The second-order valence-electron chi connectivity index (χ2n) is 3.03. The molecule has 74 valence electrons. The van der Waals surface area contributed by atoms with Gasteiger partial charge in [-0.1, -0.05) is 11.8 Å². The molecule has 1 heterocycles. The van der Waals surface area contributed by atoms with Crippen LogP contribution in [0.3, 0.4) is 0 Å². The molecule has 2 atom stereocenters. The van der Waals surface area contributed by atoms with Gasteiger partial charge in [-0.3, -0.25) is 9.59 Å². The Kier molecular flexibility index (Phi) is 4.12. The highest BCUT2D eigenvalue weighted by atomic mass is 32.2. The molecule has 0 bridgehead atoms. The summed E-state index contributed by atoms with van der Waals surface area (Å²) in [5.74, 6) is 0.535. The zero-order valence-electron chi connectivity index (χ0n) is 7.36. The summed E-state index contributed by atoms with van der Waals surface area (Å²) in [7, 11) is 0. The number of carbonyl (C=O) groups is 2. The van der Waals surface area contributed by atoms with Crippen molar-refractivity contribution >= 4 is 34.6 Å². The van der Waals surface area contributed by atoms with Crippen molar-refractivity contribution in [1.29, 1.82) is 0 Å². The van der Waals surface area contributed by atoms with Crippen LogP contribution in [0, 0.1) is 5.92 Å². The molecule has 1 aliphatic heterocycles. The molecule has 0 aliphatic carbocycles. The number of hydrogen-bond acceptors (Lipinski definition) is 4. The molecule has 0 radical (unpaired) electrons. The normalized spacial score (nSPS) is 27.5. The molecule has 0 saturated carbocycles. The molecular weight excluding hydrogens is 208 g/mol. The summed E-state index contributed by atoms with van der Waals surface area (Å²) in [6.07, 6.45) is 0.709. The second kappa shape index (κ2) is 4.91. The van der Waals surface area contributed by atoms with Gasteiger partial charge in [0.2, 0.25) is 0 Å². The quantitative estimate of drug-likeness (QED) is 0.780. The molecule has 0 aromatic heterocycles. The van der Waals surface area contributed by atoms with Crippen LogP contribution in [0.1, 0.15) is 13.3 Å². The lowest BCUT2D eigenvalue weighted by Gasteiger charge is -2.05. The van der Waals surface area contributed by atoms with E-state index in [0.29, 0.717) is 17.4 Å². The Morgan fingerprint density at radius 1 is 1.62 bits per heavy atom. The second-order valence-corrected chi connectivity index (χ2v) is 5.56.